The van der Waals surface area contributed by atoms with Gasteiger partial charge < -0.3 is 5.11 Å². The predicted octanol–water partition coefficient (Wildman–Crippen LogP) is 1.44. The van der Waals surface area contributed by atoms with Crippen LogP contribution in [0.5, 0.6) is 0 Å². The van der Waals surface area contributed by atoms with Crippen molar-refractivity contribution < 1.29 is 5.11 Å². The van der Waals surface area contributed by atoms with Crippen LogP contribution >= 0.6 is 22.6 Å². The van der Waals surface area contributed by atoms with Crippen LogP contribution < -0.4 is 0 Å². The molecule has 0 aromatic heterocycles. The molecule has 2 heteroatoms. The summed E-state index contributed by atoms with van der Waals surface area (Å²) >= 11 is 2.34. The lowest BCUT2D eigenvalue weighted by Gasteiger charge is -2.05. The van der Waals surface area contributed by atoms with E-state index in [1.165, 1.54) is 12.8 Å². The molecule has 0 aliphatic heterocycles. The fourth-order valence-corrected chi connectivity index (χ4v) is 1.89. The number of aliphatic hydroxyl groups excluding tert-OH is 1. The average molecular weight is 226 g/mol. The first kappa shape index (κ1) is 6.81. The highest BCUT2D eigenvalue weighted by Gasteiger charge is 2.29. The van der Waals surface area contributed by atoms with Crippen LogP contribution in [0.3, 0.4) is 0 Å². The van der Waals surface area contributed by atoms with Gasteiger partial charge in [0, 0.05) is 11.0 Å². The van der Waals surface area contributed by atoms with Crippen molar-refractivity contribution in [3.8, 4) is 0 Å². The van der Waals surface area contributed by atoms with E-state index in [0.29, 0.717) is 12.5 Å². The van der Waals surface area contributed by atoms with Crippen LogP contribution in [0, 0.1) is 11.8 Å². The molecular formula is C6H11IO. The first-order valence-electron chi connectivity index (χ1n) is 3.05. The van der Waals surface area contributed by atoms with E-state index < -0.39 is 0 Å². The van der Waals surface area contributed by atoms with Gasteiger partial charge in [0.25, 0.3) is 0 Å². The van der Waals surface area contributed by atoms with Gasteiger partial charge in [0.05, 0.1) is 0 Å². The molecule has 1 unspecified atom stereocenters. The summed E-state index contributed by atoms with van der Waals surface area (Å²) in [5.41, 5.74) is 0. The summed E-state index contributed by atoms with van der Waals surface area (Å²) in [6.45, 7) is 0.396. The highest BCUT2D eigenvalue weighted by Crippen LogP contribution is 2.37. The van der Waals surface area contributed by atoms with Gasteiger partial charge in [0.15, 0.2) is 0 Å². The van der Waals surface area contributed by atoms with E-state index in [1.807, 2.05) is 0 Å². The Balaban J connectivity index is 2.15. The number of halogens is 1. The molecule has 1 nitrogen and oxygen atoms in total. The van der Waals surface area contributed by atoms with Gasteiger partial charge in [-0.3, -0.25) is 0 Å². The first-order chi connectivity index (χ1) is 3.88. The van der Waals surface area contributed by atoms with E-state index in [-0.39, 0.29) is 0 Å². The van der Waals surface area contributed by atoms with Crippen molar-refractivity contribution in [1.29, 1.82) is 0 Å². The Morgan fingerprint density at radius 3 is 2.38 bits per heavy atom. The maximum Gasteiger partial charge on any atom is 0.0469 e. The minimum atomic E-state index is 0.396. The highest BCUT2D eigenvalue weighted by atomic mass is 127. The van der Waals surface area contributed by atoms with Crippen molar-refractivity contribution >= 4 is 22.6 Å². The van der Waals surface area contributed by atoms with E-state index in [0.717, 1.165) is 10.3 Å². The molecule has 0 aromatic carbocycles. The van der Waals surface area contributed by atoms with Gasteiger partial charge in [-0.25, -0.2) is 0 Å². The Hall–Kier alpha value is 0.690. The minimum Gasteiger partial charge on any atom is -0.396 e. The zero-order valence-corrected chi connectivity index (χ0v) is 6.97. The van der Waals surface area contributed by atoms with Crippen LogP contribution in [0.2, 0.25) is 0 Å². The van der Waals surface area contributed by atoms with Crippen LogP contribution in [0.25, 0.3) is 0 Å². The fraction of sp³-hybridized carbons (Fsp3) is 1.00. The Morgan fingerprint density at radius 2 is 2.25 bits per heavy atom. The van der Waals surface area contributed by atoms with Gasteiger partial charge in [-0.2, -0.15) is 0 Å². The van der Waals surface area contributed by atoms with Crippen molar-refractivity contribution in [2.75, 3.05) is 11.0 Å². The molecule has 48 valence electrons. The van der Waals surface area contributed by atoms with Gasteiger partial charge in [-0.05, 0) is 24.7 Å². The second-order valence-corrected chi connectivity index (χ2v) is 3.32. The van der Waals surface area contributed by atoms with E-state index in [1.54, 1.807) is 0 Å². The predicted molar refractivity (Wildman–Crippen MR) is 42.2 cm³/mol. The summed E-state index contributed by atoms with van der Waals surface area (Å²) < 4.78 is 1.12. The zero-order valence-electron chi connectivity index (χ0n) is 4.81. The minimum absolute atomic E-state index is 0.396. The topological polar surface area (TPSA) is 20.2 Å². The standard InChI is InChI=1S/C6H11IO/c7-3-6(4-8)5-1-2-5/h5-6,8H,1-4H2. The van der Waals surface area contributed by atoms with Gasteiger partial charge in [0.1, 0.15) is 0 Å². The van der Waals surface area contributed by atoms with Crippen molar-refractivity contribution in [2.45, 2.75) is 12.8 Å². The molecule has 1 rings (SSSR count). The van der Waals surface area contributed by atoms with Gasteiger partial charge in [-0.15, -0.1) is 0 Å². The van der Waals surface area contributed by atoms with Crippen molar-refractivity contribution in [3.05, 3.63) is 0 Å². The fourth-order valence-electron chi connectivity index (χ4n) is 0.891. The maximum absolute atomic E-state index is 8.73. The molecule has 1 fully saturated rings. The molecule has 0 spiro atoms. The molecule has 1 aliphatic carbocycles. The monoisotopic (exact) mass is 226 g/mol. The molecule has 0 radical (unpaired) electrons. The first-order valence-corrected chi connectivity index (χ1v) is 4.58. The number of rotatable bonds is 3. The Morgan fingerprint density at radius 1 is 1.62 bits per heavy atom. The molecule has 0 bridgehead atoms. The summed E-state index contributed by atoms with van der Waals surface area (Å²) in [5.74, 6) is 1.48. The molecule has 0 saturated heterocycles. The SMILES string of the molecule is OCC(CI)C1CC1. The number of hydrogen-bond donors (Lipinski definition) is 1. The number of aliphatic hydroxyl groups is 1. The Bertz CT molecular complexity index is 66.9. The lowest BCUT2D eigenvalue weighted by Crippen LogP contribution is -2.08. The third-order valence-electron chi connectivity index (χ3n) is 1.72. The van der Waals surface area contributed by atoms with Crippen LogP contribution in [0.4, 0.5) is 0 Å². The third-order valence-corrected chi connectivity index (χ3v) is 2.85. The smallest absolute Gasteiger partial charge is 0.0469 e. The Kier molecular flexibility index (Phi) is 2.56. The van der Waals surface area contributed by atoms with Crippen molar-refractivity contribution in [1.82, 2.24) is 0 Å². The van der Waals surface area contributed by atoms with E-state index in [9.17, 15) is 0 Å². The summed E-state index contributed by atoms with van der Waals surface area (Å²) in [7, 11) is 0. The normalized spacial score (nSPS) is 23.2. The summed E-state index contributed by atoms with van der Waals surface area (Å²) in [5, 5.41) is 8.73. The third kappa shape index (κ3) is 1.58. The van der Waals surface area contributed by atoms with Crippen molar-refractivity contribution in [2.24, 2.45) is 11.8 Å². The molecular weight excluding hydrogens is 215 g/mol. The van der Waals surface area contributed by atoms with Gasteiger partial charge in [0.2, 0.25) is 0 Å². The molecule has 0 aromatic rings. The maximum atomic E-state index is 8.73. The molecule has 8 heavy (non-hydrogen) atoms. The van der Waals surface area contributed by atoms with Crippen LogP contribution in [0.1, 0.15) is 12.8 Å². The molecule has 0 amide bonds. The molecule has 1 aliphatic rings. The summed E-state index contributed by atoms with van der Waals surface area (Å²) in [6.07, 6.45) is 2.71. The number of alkyl halides is 1. The Labute approximate surface area is 63.6 Å². The largest absolute Gasteiger partial charge is 0.396 e. The van der Waals surface area contributed by atoms with Crippen LogP contribution in [0.15, 0.2) is 0 Å². The van der Waals surface area contributed by atoms with Gasteiger partial charge >= 0.3 is 0 Å². The van der Waals surface area contributed by atoms with Crippen LogP contribution in [-0.2, 0) is 0 Å². The second-order valence-electron chi connectivity index (χ2n) is 2.43. The molecule has 1 N–H and O–H groups in total. The van der Waals surface area contributed by atoms with Crippen molar-refractivity contribution in [3.63, 3.8) is 0 Å². The number of hydrogen-bond acceptors (Lipinski definition) is 1. The molecule has 1 atom stereocenters. The molecule has 1 saturated carbocycles. The summed E-state index contributed by atoms with van der Waals surface area (Å²) in [6, 6.07) is 0. The summed E-state index contributed by atoms with van der Waals surface area (Å²) in [4.78, 5) is 0. The van der Waals surface area contributed by atoms with E-state index in [4.69, 9.17) is 5.11 Å². The lowest BCUT2D eigenvalue weighted by atomic mass is 10.1. The average Bonchev–Trinajstić information content (AvgIpc) is 2.53. The quantitative estimate of drug-likeness (QED) is 0.570. The van der Waals surface area contributed by atoms with Crippen LogP contribution in [-0.4, -0.2) is 16.1 Å². The molecule has 0 heterocycles. The van der Waals surface area contributed by atoms with E-state index in [2.05, 4.69) is 22.6 Å². The second kappa shape index (κ2) is 3.01. The lowest BCUT2D eigenvalue weighted by molar-refractivity contribution is 0.227. The highest BCUT2D eigenvalue weighted by molar-refractivity contribution is 14.1. The zero-order chi connectivity index (χ0) is 5.98. The van der Waals surface area contributed by atoms with Gasteiger partial charge in [-0.1, -0.05) is 22.6 Å². The van der Waals surface area contributed by atoms with E-state index >= 15 is 0 Å².